The first-order chi connectivity index (χ1) is 14.1. The largest absolute Gasteiger partial charge is 0.461 e. The molecule has 0 spiro atoms. The van der Waals surface area contributed by atoms with Crippen LogP contribution in [0.3, 0.4) is 0 Å². The lowest BCUT2D eigenvalue weighted by molar-refractivity contribution is -0.117. The van der Waals surface area contributed by atoms with Gasteiger partial charge in [-0.2, -0.15) is 0 Å². The van der Waals surface area contributed by atoms with Gasteiger partial charge in [0.2, 0.25) is 0 Å². The third kappa shape index (κ3) is 3.98. The first-order valence-electron chi connectivity index (χ1n) is 9.05. The smallest absolute Gasteiger partial charge is 0.296 e. The van der Waals surface area contributed by atoms with Crippen LogP contribution in [0.2, 0.25) is 0 Å². The zero-order chi connectivity index (χ0) is 20.2. The van der Waals surface area contributed by atoms with Crippen LogP contribution < -0.4 is 5.32 Å². The lowest BCUT2D eigenvalue weighted by atomic mass is 10.1. The molecule has 3 heterocycles. The molecule has 3 aromatic heterocycles. The Bertz CT molecular complexity index is 1130. The highest BCUT2D eigenvalue weighted by atomic mass is 16.3. The summed E-state index contributed by atoms with van der Waals surface area (Å²) in [5.74, 6) is -0.976. The number of aromatic amines is 1. The van der Waals surface area contributed by atoms with Crippen molar-refractivity contribution < 1.29 is 14.0 Å². The number of pyridine rings is 1. The summed E-state index contributed by atoms with van der Waals surface area (Å²) in [5.41, 5.74) is 4.28. The third-order valence-corrected chi connectivity index (χ3v) is 4.37. The molecular formula is C22H18N4O3. The van der Waals surface area contributed by atoms with Crippen LogP contribution in [0.15, 0.2) is 71.5 Å². The molecule has 0 aliphatic heterocycles. The average molecular weight is 386 g/mol. The van der Waals surface area contributed by atoms with Crippen LogP contribution in [0, 0.1) is 6.92 Å². The molecule has 0 aliphatic carbocycles. The topological polar surface area (TPSA) is 101 Å². The molecule has 1 amide bonds. The van der Waals surface area contributed by atoms with Gasteiger partial charge in [0.1, 0.15) is 5.82 Å². The molecule has 0 atom stereocenters. The molecule has 29 heavy (non-hydrogen) atoms. The number of imidazole rings is 1. The number of carbonyl (C=O) groups excluding carboxylic acids is 2. The van der Waals surface area contributed by atoms with Crippen molar-refractivity contribution in [1.29, 1.82) is 0 Å². The summed E-state index contributed by atoms with van der Waals surface area (Å²) in [7, 11) is 0. The monoisotopic (exact) mass is 386 g/mol. The van der Waals surface area contributed by atoms with Crippen LogP contribution in [0.1, 0.15) is 21.9 Å². The van der Waals surface area contributed by atoms with Crippen molar-refractivity contribution in [2.24, 2.45) is 0 Å². The van der Waals surface area contributed by atoms with Gasteiger partial charge >= 0.3 is 0 Å². The number of nitrogens with zero attached hydrogens (tertiary/aromatic N) is 2. The van der Waals surface area contributed by atoms with Crippen LogP contribution >= 0.6 is 0 Å². The number of nitrogens with one attached hydrogen (secondary N) is 2. The Morgan fingerprint density at radius 3 is 2.59 bits per heavy atom. The predicted molar refractivity (Wildman–Crippen MR) is 107 cm³/mol. The predicted octanol–water partition coefficient (Wildman–Crippen LogP) is 3.54. The molecule has 0 radical (unpaired) electrons. The molecule has 0 unspecified atom stereocenters. The summed E-state index contributed by atoms with van der Waals surface area (Å²) >= 11 is 0. The van der Waals surface area contributed by atoms with Gasteiger partial charge in [-0.05, 0) is 31.2 Å². The van der Waals surface area contributed by atoms with E-state index in [1.54, 1.807) is 12.3 Å². The lowest BCUT2D eigenvalue weighted by Gasteiger charge is -2.02. The molecule has 0 aliphatic rings. The minimum Gasteiger partial charge on any atom is -0.461 e. The number of carbonyl (C=O) groups is 2. The zero-order valence-electron chi connectivity index (χ0n) is 15.7. The maximum Gasteiger partial charge on any atom is 0.296 e. The van der Waals surface area contributed by atoms with E-state index in [1.165, 1.54) is 12.3 Å². The van der Waals surface area contributed by atoms with Gasteiger partial charge in [0.05, 0.1) is 29.9 Å². The van der Waals surface area contributed by atoms with Crippen molar-refractivity contribution in [2.45, 2.75) is 13.5 Å². The molecule has 4 rings (SSSR count). The number of aromatic nitrogens is 3. The molecule has 2 N–H and O–H groups in total. The fourth-order valence-corrected chi connectivity index (χ4v) is 2.89. The average Bonchev–Trinajstić information content (AvgIpc) is 3.43. The quantitative estimate of drug-likeness (QED) is 0.390. The minimum atomic E-state index is -0.757. The summed E-state index contributed by atoms with van der Waals surface area (Å²) in [5, 5.41) is 2.58. The highest BCUT2D eigenvalue weighted by molar-refractivity contribution is 6.41. The molecule has 0 bridgehead atoms. The Labute approximate surface area is 166 Å². The Morgan fingerprint density at radius 1 is 1.07 bits per heavy atom. The van der Waals surface area contributed by atoms with Gasteiger partial charge in [-0.25, -0.2) is 4.98 Å². The van der Waals surface area contributed by atoms with Gasteiger partial charge in [-0.1, -0.05) is 35.9 Å². The lowest BCUT2D eigenvalue weighted by Crippen LogP contribution is -2.30. The maximum atomic E-state index is 12.1. The molecule has 0 saturated carbocycles. The van der Waals surface area contributed by atoms with Gasteiger partial charge in [0.15, 0.2) is 5.76 Å². The van der Waals surface area contributed by atoms with Crippen molar-refractivity contribution in [3.05, 3.63) is 84.2 Å². The number of ketones is 1. The fraction of sp³-hybridized carbons (Fsp3) is 0.0909. The Kier molecular flexibility index (Phi) is 5.03. The van der Waals surface area contributed by atoms with Gasteiger partial charge in [-0.15, -0.1) is 0 Å². The SMILES string of the molecule is Cc1ccc(-c2nc(CNC(=O)C(=O)c3ccco3)[nH]c2-c2ccccn2)cc1. The number of aryl methyl sites for hydroxylation is 1. The Morgan fingerprint density at radius 2 is 1.90 bits per heavy atom. The minimum absolute atomic E-state index is 0.00327. The first-order valence-corrected chi connectivity index (χ1v) is 9.05. The molecule has 7 heteroatoms. The first kappa shape index (κ1) is 18.4. The van der Waals surface area contributed by atoms with E-state index in [1.807, 2.05) is 49.4 Å². The molecule has 4 aromatic rings. The van der Waals surface area contributed by atoms with Crippen LogP contribution in [-0.2, 0) is 11.3 Å². The van der Waals surface area contributed by atoms with Crippen LogP contribution in [0.25, 0.3) is 22.6 Å². The van der Waals surface area contributed by atoms with Crippen molar-refractivity contribution in [1.82, 2.24) is 20.3 Å². The van der Waals surface area contributed by atoms with E-state index in [2.05, 4.69) is 20.3 Å². The van der Waals surface area contributed by atoms with Crippen molar-refractivity contribution in [2.75, 3.05) is 0 Å². The number of rotatable bonds is 6. The van der Waals surface area contributed by atoms with Gasteiger partial charge in [0.25, 0.3) is 11.7 Å². The summed E-state index contributed by atoms with van der Waals surface area (Å²) in [6.45, 7) is 2.09. The highest BCUT2D eigenvalue weighted by Gasteiger charge is 2.20. The fourth-order valence-electron chi connectivity index (χ4n) is 2.89. The summed E-state index contributed by atoms with van der Waals surface area (Å²) in [6.07, 6.45) is 3.05. The van der Waals surface area contributed by atoms with Gasteiger partial charge < -0.3 is 14.7 Å². The van der Waals surface area contributed by atoms with E-state index in [4.69, 9.17) is 4.42 Å². The molecular weight excluding hydrogens is 368 g/mol. The van der Waals surface area contributed by atoms with E-state index in [9.17, 15) is 9.59 Å². The maximum absolute atomic E-state index is 12.1. The Balaban J connectivity index is 1.60. The second kappa shape index (κ2) is 7.93. The normalized spacial score (nSPS) is 10.7. The van der Waals surface area contributed by atoms with E-state index in [0.717, 1.165) is 28.2 Å². The standard InChI is InChI=1S/C22H18N4O3/c1-14-7-9-15(10-8-14)19-20(16-5-2-3-11-23-16)26-18(25-19)13-24-22(28)21(27)17-6-4-12-29-17/h2-12H,13H2,1H3,(H,24,28)(H,25,26). The number of hydrogen-bond acceptors (Lipinski definition) is 5. The summed E-state index contributed by atoms with van der Waals surface area (Å²) < 4.78 is 4.97. The Hall–Kier alpha value is -4.00. The number of benzene rings is 1. The van der Waals surface area contributed by atoms with Crippen molar-refractivity contribution in [3.8, 4) is 22.6 Å². The molecule has 1 aromatic carbocycles. The number of hydrogen-bond donors (Lipinski definition) is 2. The molecule has 144 valence electrons. The summed E-state index contributed by atoms with van der Waals surface area (Å²) in [6, 6.07) is 16.6. The van der Waals surface area contributed by atoms with Crippen molar-refractivity contribution in [3.63, 3.8) is 0 Å². The van der Waals surface area contributed by atoms with E-state index >= 15 is 0 Å². The van der Waals surface area contributed by atoms with Crippen LogP contribution in [0.4, 0.5) is 0 Å². The number of H-pyrrole nitrogens is 1. The van der Waals surface area contributed by atoms with E-state index < -0.39 is 11.7 Å². The van der Waals surface area contributed by atoms with E-state index in [-0.39, 0.29) is 12.3 Å². The second-order valence-corrected chi connectivity index (χ2v) is 6.48. The van der Waals surface area contributed by atoms with Gasteiger partial charge in [0, 0.05) is 11.8 Å². The van der Waals surface area contributed by atoms with Gasteiger partial charge in [-0.3, -0.25) is 14.6 Å². The van der Waals surface area contributed by atoms with E-state index in [0.29, 0.717) is 5.82 Å². The second-order valence-electron chi connectivity index (χ2n) is 6.48. The molecule has 7 nitrogen and oxygen atoms in total. The van der Waals surface area contributed by atoms with Crippen molar-refractivity contribution >= 4 is 11.7 Å². The van der Waals surface area contributed by atoms with Crippen LogP contribution in [0.5, 0.6) is 0 Å². The molecule has 0 saturated heterocycles. The number of furan rings is 1. The number of amides is 1. The van der Waals surface area contributed by atoms with Crippen LogP contribution in [-0.4, -0.2) is 26.6 Å². The zero-order valence-corrected chi connectivity index (χ0v) is 15.7. The third-order valence-electron chi connectivity index (χ3n) is 4.37. The summed E-state index contributed by atoms with van der Waals surface area (Å²) in [4.78, 5) is 36.4. The highest BCUT2D eigenvalue weighted by Crippen LogP contribution is 2.29. The molecule has 0 fully saturated rings. The number of Topliss-reactive ketones (excluding diaryl/α,β-unsaturated/α-hetero) is 1.